The van der Waals surface area contributed by atoms with Crippen LogP contribution in [0.15, 0.2) is 24.4 Å². The Balaban J connectivity index is 1.67. The summed E-state index contributed by atoms with van der Waals surface area (Å²) in [5.74, 6) is 0.334. The van der Waals surface area contributed by atoms with Gasteiger partial charge in [-0.1, -0.05) is 17.7 Å². The number of aromatic nitrogens is 2. The molecule has 0 bridgehead atoms. The fraction of sp³-hybridized carbons (Fsp3) is 0.333. The van der Waals surface area contributed by atoms with Gasteiger partial charge in [0.25, 0.3) is 5.91 Å². The lowest BCUT2D eigenvalue weighted by molar-refractivity contribution is 0.0946. The first-order valence-electron chi connectivity index (χ1n) is 6.91. The van der Waals surface area contributed by atoms with Crippen LogP contribution in [-0.2, 0) is 19.5 Å². The van der Waals surface area contributed by atoms with E-state index in [0.29, 0.717) is 16.3 Å². The number of amides is 1. The second-order valence-electron chi connectivity index (χ2n) is 5.11. The molecule has 2 heterocycles. The SMILES string of the molecule is O=C(NCc1ccc(F)cc1Cl)c1cn2c(n1)CCCC2. The molecular formula is C15H15ClFN3O. The minimum Gasteiger partial charge on any atom is -0.347 e. The fourth-order valence-corrected chi connectivity index (χ4v) is 2.69. The van der Waals surface area contributed by atoms with Crippen LogP contribution in [0.3, 0.4) is 0 Å². The van der Waals surface area contributed by atoms with Crippen LogP contribution in [0.4, 0.5) is 4.39 Å². The lowest BCUT2D eigenvalue weighted by Gasteiger charge is -2.11. The second kappa shape index (κ2) is 5.85. The zero-order valence-electron chi connectivity index (χ0n) is 11.4. The molecule has 1 N–H and O–H groups in total. The number of benzene rings is 1. The molecule has 1 aliphatic rings. The van der Waals surface area contributed by atoms with Crippen molar-refractivity contribution in [1.29, 1.82) is 0 Å². The summed E-state index contributed by atoms with van der Waals surface area (Å²) in [5.41, 5.74) is 1.10. The van der Waals surface area contributed by atoms with Crippen molar-refractivity contribution in [1.82, 2.24) is 14.9 Å². The van der Waals surface area contributed by atoms with E-state index in [9.17, 15) is 9.18 Å². The summed E-state index contributed by atoms with van der Waals surface area (Å²) in [6, 6.07) is 4.12. The highest BCUT2D eigenvalue weighted by Gasteiger charge is 2.16. The smallest absolute Gasteiger partial charge is 0.271 e. The normalized spacial score (nSPS) is 13.8. The van der Waals surface area contributed by atoms with Gasteiger partial charge in [-0.25, -0.2) is 9.37 Å². The van der Waals surface area contributed by atoms with Gasteiger partial charge in [0.05, 0.1) is 0 Å². The average Bonchev–Trinajstić information content (AvgIpc) is 2.90. The first-order chi connectivity index (χ1) is 10.1. The maximum absolute atomic E-state index is 13.0. The van der Waals surface area contributed by atoms with Crippen LogP contribution in [0.25, 0.3) is 0 Å². The lowest BCUT2D eigenvalue weighted by atomic mass is 10.2. The van der Waals surface area contributed by atoms with Crippen LogP contribution in [-0.4, -0.2) is 15.5 Å². The first kappa shape index (κ1) is 14.1. The van der Waals surface area contributed by atoms with Gasteiger partial charge >= 0.3 is 0 Å². The number of imidazole rings is 1. The average molecular weight is 308 g/mol. The van der Waals surface area contributed by atoms with Gasteiger partial charge < -0.3 is 9.88 Å². The fourth-order valence-electron chi connectivity index (χ4n) is 2.45. The predicted octanol–water partition coefficient (Wildman–Crippen LogP) is 2.94. The Kier molecular flexibility index (Phi) is 3.92. The summed E-state index contributed by atoms with van der Waals surface area (Å²) in [6.45, 7) is 1.17. The van der Waals surface area contributed by atoms with Crippen LogP contribution in [0.5, 0.6) is 0 Å². The molecule has 3 rings (SSSR count). The number of fused-ring (bicyclic) bond motifs is 1. The largest absolute Gasteiger partial charge is 0.347 e. The van der Waals surface area contributed by atoms with E-state index >= 15 is 0 Å². The van der Waals surface area contributed by atoms with Gasteiger partial charge in [-0.2, -0.15) is 0 Å². The van der Waals surface area contributed by atoms with Gasteiger partial charge in [-0.3, -0.25) is 4.79 Å². The van der Waals surface area contributed by atoms with E-state index < -0.39 is 5.82 Å². The summed E-state index contributed by atoms with van der Waals surface area (Å²) >= 11 is 5.93. The van der Waals surface area contributed by atoms with Gasteiger partial charge in [0.2, 0.25) is 0 Å². The van der Waals surface area contributed by atoms with Gasteiger partial charge in [-0.15, -0.1) is 0 Å². The van der Waals surface area contributed by atoms with E-state index in [-0.39, 0.29) is 12.5 Å². The summed E-state index contributed by atoms with van der Waals surface area (Å²) in [7, 11) is 0. The summed E-state index contributed by atoms with van der Waals surface area (Å²) in [5, 5.41) is 3.07. The topological polar surface area (TPSA) is 46.9 Å². The third-order valence-electron chi connectivity index (χ3n) is 3.60. The van der Waals surface area contributed by atoms with Crippen LogP contribution < -0.4 is 5.32 Å². The molecule has 0 fully saturated rings. The number of halogens is 2. The molecule has 1 aromatic heterocycles. The van der Waals surface area contributed by atoms with Crippen molar-refractivity contribution in [3.8, 4) is 0 Å². The van der Waals surface area contributed by atoms with E-state index in [0.717, 1.165) is 31.6 Å². The zero-order chi connectivity index (χ0) is 14.8. The minimum atomic E-state index is -0.392. The van der Waals surface area contributed by atoms with Gasteiger partial charge in [0.15, 0.2) is 0 Å². The molecule has 0 saturated heterocycles. The van der Waals surface area contributed by atoms with Crippen molar-refractivity contribution in [2.45, 2.75) is 32.4 Å². The molecule has 6 heteroatoms. The Bertz CT molecular complexity index is 660. The summed E-state index contributed by atoms with van der Waals surface area (Å²) in [4.78, 5) is 16.5. The Morgan fingerprint density at radius 2 is 2.29 bits per heavy atom. The highest BCUT2D eigenvalue weighted by atomic mass is 35.5. The van der Waals surface area contributed by atoms with E-state index in [1.54, 1.807) is 12.3 Å². The molecule has 0 unspecified atom stereocenters. The Hall–Kier alpha value is -1.88. The maximum Gasteiger partial charge on any atom is 0.271 e. The molecule has 2 aromatic rings. The summed E-state index contributed by atoms with van der Waals surface area (Å²) < 4.78 is 15.0. The summed E-state index contributed by atoms with van der Waals surface area (Å²) in [6.07, 6.45) is 4.94. The Morgan fingerprint density at radius 3 is 3.05 bits per heavy atom. The van der Waals surface area contributed by atoms with Crippen molar-refractivity contribution < 1.29 is 9.18 Å². The molecule has 0 aliphatic carbocycles. The van der Waals surface area contributed by atoms with E-state index in [4.69, 9.17) is 11.6 Å². The minimum absolute atomic E-state index is 0.239. The molecule has 0 radical (unpaired) electrons. The first-order valence-corrected chi connectivity index (χ1v) is 7.29. The van der Waals surface area contributed by atoms with Gasteiger partial charge in [0.1, 0.15) is 17.3 Å². The molecular weight excluding hydrogens is 293 g/mol. The lowest BCUT2D eigenvalue weighted by Crippen LogP contribution is -2.23. The number of nitrogens with one attached hydrogen (secondary N) is 1. The molecule has 0 atom stereocenters. The standard InChI is InChI=1S/C15H15ClFN3O/c16-12-7-11(17)5-4-10(12)8-18-15(21)13-9-20-6-2-1-3-14(20)19-13/h4-5,7,9H,1-3,6,8H2,(H,18,21). The number of aryl methyl sites for hydroxylation is 2. The second-order valence-corrected chi connectivity index (χ2v) is 5.52. The molecule has 1 aliphatic heterocycles. The maximum atomic E-state index is 13.0. The van der Waals surface area contributed by atoms with Crippen LogP contribution in [0.2, 0.25) is 5.02 Å². The van der Waals surface area contributed by atoms with E-state index in [1.165, 1.54) is 12.1 Å². The van der Waals surface area contributed by atoms with Crippen LogP contribution >= 0.6 is 11.6 Å². The highest BCUT2D eigenvalue weighted by Crippen LogP contribution is 2.17. The van der Waals surface area contributed by atoms with Gasteiger partial charge in [0, 0.05) is 30.7 Å². The Labute approximate surface area is 126 Å². The van der Waals surface area contributed by atoms with E-state index in [2.05, 4.69) is 10.3 Å². The highest BCUT2D eigenvalue weighted by molar-refractivity contribution is 6.31. The number of rotatable bonds is 3. The third-order valence-corrected chi connectivity index (χ3v) is 3.95. The molecule has 0 spiro atoms. The van der Waals surface area contributed by atoms with Crippen molar-refractivity contribution in [3.63, 3.8) is 0 Å². The molecule has 21 heavy (non-hydrogen) atoms. The molecule has 0 saturated carbocycles. The number of carbonyl (C=O) groups excluding carboxylic acids is 1. The predicted molar refractivity (Wildman–Crippen MR) is 77.7 cm³/mol. The molecule has 110 valence electrons. The molecule has 4 nitrogen and oxygen atoms in total. The van der Waals surface area contributed by atoms with Crippen LogP contribution in [0, 0.1) is 5.82 Å². The zero-order valence-corrected chi connectivity index (χ0v) is 12.2. The number of hydrogen-bond acceptors (Lipinski definition) is 2. The number of carbonyl (C=O) groups is 1. The third kappa shape index (κ3) is 3.08. The van der Waals surface area contributed by atoms with Gasteiger partial charge in [-0.05, 0) is 30.5 Å². The number of nitrogens with zero attached hydrogens (tertiary/aromatic N) is 2. The van der Waals surface area contributed by atoms with E-state index in [1.807, 2.05) is 4.57 Å². The van der Waals surface area contributed by atoms with Crippen molar-refractivity contribution in [3.05, 3.63) is 52.3 Å². The number of hydrogen-bond donors (Lipinski definition) is 1. The quantitative estimate of drug-likeness (QED) is 0.947. The van der Waals surface area contributed by atoms with Crippen LogP contribution in [0.1, 0.15) is 34.7 Å². The van der Waals surface area contributed by atoms with Crippen molar-refractivity contribution >= 4 is 17.5 Å². The molecule has 1 aromatic carbocycles. The van der Waals surface area contributed by atoms with Crippen molar-refractivity contribution in [2.75, 3.05) is 0 Å². The monoisotopic (exact) mass is 307 g/mol. The Morgan fingerprint density at radius 1 is 1.43 bits per heavy atom. The van der Waals surface area contributed by atoms with Crippen molar-refractivity contribution in [2.24, 2.45) is 0 Å². The molecule has 1 amide bonds.